The topological polar surface area (TPSA) is 43.4 Å². The number of Topliss-reactive ketones (excluding diaryl/α,β-unsaturated/α-hetero) is 2. The minimum Gasteiger partial charge on any atom is -0.481 e. The van der Waals surface area contributed by atoms with E-state index >= 15 is 0 Å². The highest BCUT2D eigenvalue weighted by Gasteiger charge is 2.43. The first-order chi connectivity index (χ1) is 13.7. The van der Waals surface area contributed by atoms with E-state index < -0.39 is 12.0 Å². The van der Waals surface area contributed by atoms with Gasteiger partial charge in [-0.2, -0.15) is 0 Å². The van der Waals surface area contributed by atoms with Crippen LogP contribution in [0.5, 0.6) is 0 Å². The van der Waals surface area contributed by atoms with E-state index in [-0.39, 0.29) is 11.6 Å². The third kappa shape index (κ3) is 3.27. The average Bonchev–Trinajstić information content (AvgIpc) is 3.16. The Morgan fingerprint density at radius 1 is 0.750 bits per heavy atom. The first-order valence-corrected chi connectivity index (χ1v) is 9.28. The van der Waals surface area contributed by atoms with E-state index in [1.807, 2.05) is 78.9 Å². The lowest BCUT2D eigenvalue weighted by molar-refractivity contribution is -0.124. The Balaban J connectivity index is 1.93. The highest BCUT2D eigenvalue weighted by Crippen LogP contribution is 2.44. The van der Waals surface area contributed by atoms with Crippen LogP contribution in [0.3, 0.4) is 0 Å². The second kappa shape index (κ2) is 7.65. The molecule has 0 saturated heterocycles. The van der Waals surface area contributed by atoms with Gasteiger partial charge in [0.1, 0.15) is 5.76 Å². The number of rotatable bonds is 5. The van der Waals surface area contributed by atoms with Crippen LogP contribution in [0.2, 0.25) is 0 Å². The predicted molar refractivity (Wildman–Crippen MR) is 109 cm³/mol. The van der Waals surface area contributed by atoms with Crippen molar-refractivity contribution in [2.24, 2.45) is 0 Å². The number of carbonyl (C=O) groups excluding carboxylic acids is 2. The Bertz CT molecular complexity index is 1020. The Morgan fingerprint density at radius 3 is 1.86 bits per heavy atom. The highest BCUT2D eigenvalue weighted by atomic mass is 16.5. The lowest BCUT2D eigenvalue weighted by atomic mass is 9.82. The molecule has 0 amide bonds. The van der Waals surface area contributed by atoms with Crippen molar-refractivity contribution in [1.29, 1.82) is 0 Å². The number of benzene rings is 3. The maximum absolute atomic E-state index is 13.5. The van der Waals surface area contributed by atoms with E-state index in [9.17, 15) is 9.59 Å². The first kappa shape index (κ1) is 17.9. The zero-order chi connectivity index (χ0) is 19.5. The fourth-order valence-corrected chi connectivity index (χ4v) is 3.67. The van der Waals surface area contributed by atoms with Gasteiger partial charge in [-0.05, 0) is 12.5 Å². The quantitative estimate of drug-likeness (QED) is 0.592. The molecule has 2 atom stereocenters. The zero-order valence-electron chi connectivity index (χ0n) is 15.5. The summed E-state index contributed by atoms with van der Waals surface area (Å²) in [6.07, 6.45) is -0.722. The molecule has 3 aromatic carbocycles. The number of ether oxygens (including phenoxy) is 1. The molecule has 1 aliphatic heterocycles. The van der Waals surface area contributed by atoms with Gasteiger partial charge >= 0.3 is 0 Å². The van der Waals surface area contributed by atoms with Gasteiger partial charge in [0.15, 0.2) is 17.7 Å². The Labute approximate surface area is 164 Å². The number of hydrogen-bond donors (Lipinski definition) is 0. The van der Waals surface area contributed by atoms with E-state index in [0.717, 1.165) is 11.1 Å². The fourth-order valence-electron chi connectivity index (χ4n) is 3.67. The Hall–Kier alpha value is -3.46. The van der Waals surface area contributed by atoms with E-state index in [0.29, 0.717) is 16.9 Å². The number of carbonyl (C=O) groups is 2. The smallest absolute Gasteiger partial charge is 0.193 e. The summed E-state index contributed by atoms with van der Waals surface area (Å²) in [5.41, 5.74) is 2.81. The van der Waals surface area contributed by atoms with Gasteiger partial charge in [-0.3, -0.25) is 9.59 Å². The van der Waals surface area contributed by atoms with Crippen molar-refractivity contribution in [3.8, 4) is 0 Å². The standard InChI is InChI=1S/C25H20O3/c1-17(26)24-21(18-11-5-2-6-12-18)22(23(27)19-13-7-3-8-14-19)25(28-24)20-15-9-4-10-16-20/h2-16,21,24H,1H3/t21-,24+/m1/s1. The van der Waals surface area contributed by atoms with E-state index in [4.69, 9.17) is 4.74 Å². The van der Waals surface area contributed by atoms with Crippen molar-refractivity contribution >= 4 is 17.3 Å². The lowest BCUT2D eigenvalue weighted by Gasteiger charge is -2.19. The summed E-state index contributed by atoms with van der Waals surface area (Å²) in [6, 6.07) is 28.3. The molecular formula is C25H20O3. The van der Waals surface area contributed by atoms with Gasteiger partial charge in [-0.1, -0.05) is 91.0 Å². The fraction of sp³-hybridized carbons (Fsp3) is 0.120. The van der Waals surface area contributed by atoms with Crippen molar-refractivity contribution in [3.05, 3.63) is 113 Å². The summed E-state index contributed by atoms with van der Waals surface area (Å²) < 4.78 is 6.14. The minimum atomic E-state index is -0.722. The molecule has 3 nitrogen and oxygen atoms in total. The largest absolute Gasteiger partial charge is 0.481 e. The second-order valence-electron chi connectivity index (χ2n) is 6.84. The molecule has 138 valence electrons. The molecular weight excluding hydrogens is 348 g/mol. The summed E-state index contributed by atoms with van der Waals surface area (Å²) in [4.78, 5) is 26.0. The molecule has 4 rings (SSSR count). The van der Waals surface area contributed by atoms with Gasteiger partial charge in [0, 0.05) is 11.1 Å². The van der Waals surface area contributed by atoms with E-state index in [1.165, 1.54) is 6.92 Å². The SMILES string of the molecule is CC(=O)[C@@H]1OC(c2ccccc2)=C(C(=O)c2ccccc2)[C@H]1c1ccccc1. The molecule has 0 bridgehead atoms. The Kier molecular flexibility index (Phi) is 4.90. The number of ketones is 2. The molecule has 0 aromatic heterocycles. The van der Waals surface area contributed by atoms with Gasteiger partial charge < -0.3 is 4.74 Å². The zero-order valence-corrected chi connectivity index (χ0v) is 15.5. The van der Waals surface area contributed by atoms with Crippen molar-refractivity contribution in [1.82, 2.24) is 0 Å². The third-order valence-electron chi connectivity index (χ3n) is 4.98. The first-order valence-electron chi connectivity index (χ1n) is 9.28. The molecule has 1 heterocycles. The molecule has 3 aromatic rings. The molecule has 0 saturated carbocycles. The van der Waals surface area contributed by atoms with Crippen LogP contribution in [0.25, 0.3) is 5.76 Å². The normalized spacial score (nSPS) is 18.6. The van der Waals surface area contributed by atoms with Crippen molar-refractivity contribution in [2.45, 2.75) is 18.9 Å². The molecule has 0 radical (unpaired) electrons. The lowest BCUT2D eigenvalue weighted by Crippen LogP contribution is -2.26. The molecule has 3 heteroatoms. The predicted octanol–water partition coefficient (Wildman–Crippen LogP) is 5.05. The summed E-state index contributed by atoms with van der Waals surface area (Å²) in [5, 5.41) is 0. The van der Waals surface area contributed by atoms with Crippen LogP contribution in [0.1, 0.15) is 34.3 Å². The van der Waals surface area contributed by atoms with Gasteiger partial charge in [-0.25, -0.2) is 0 Å². The van der Waals surface area contributed by atoms with Crippen LogP contribution in [0.4, 0.5) is 0 Å². The molecule has 1 aliphatic rings. The maximum atomic E-state index is 13.5. The van der Waals surface area contributed by atoms with Gasteiger partial charge in [0.25, 0.3) is 0 Å². The molecule has 0 unspecified atom stereocenters. The summed E-state index contributed by atoms with van der Waals surface area (Å²) in [5.74, 6) is -0.166. The monoisotopic (exact) mass is 368 g/mol. The summed E-state index contributed by atoms with van der Waals surface area (Å²) in [6.45, 7) is 1.51. The molecule has 0 spiro atoms. The van der Waals surface area contributed by atoms with Crippen LogP contribution in [-0.4, -0.2) is 17.7 Å². The highest BCUT2D eigenvalue weighted by molar-refractivity contribution is 6.15. The van der Waals surface area contributed by atoms with E-state index in [1.54, 1.807) is 12.1 Å². The van der Waals surface area contributed by atoms with Crippen LogP contribution in [0.15, 0.2) is 96.6 Å². The van der Waals surface area contributed by atoms with E-state index in [2.05, 4.69) is 0 Å². The van der Waals surface area contributed by atoms with Gasteiger partial charge in [0.05, 0.1) is 11.5 Å². The molecule has 0 aliphatic carbocycles. The average molecular weight is 368 g/mol. The van der Waals surface area contributed by atoms with Crippen molar-refractivity contribution < 1.29 is 14.3 Å². The van der Waals surface area contributed by atoms with Crippen LogP contribution in [0, 0.1) is 0 Å². The van der Waals surface area contributed by atoms with Crippen LogP contribution < -0.4 is 0 Å². The molecule has 0 fully saturated rings. The summed E-state index contributed by atoms with van der Waals surface area (Å²) in [7, 11) is 0. The second-order valence-corrected chi connectivity index (χ2v) is 6.84. The van der Waals surface area contributed by atoms with Gasteiger partial charge in [0.2, 0.25) is 0 Å². The summed E-state index contributed by atoms with van der Waals surface area (Å²) >= 11 is 0. The molecule has 28 heavy (non-hydrogen) atoms. The van der Waals surface area contributed by atoms with Crippen LogP contribution in [-0.2, 0) is 9.53 Å². The maximum Gasteiger partial charge on any atom is 0.193 e. The number of hydrogen-bond acceptors (Lipinski definition) is 3. The van der Waals surface area contributed by atoms with Crippen molar-refractivity contribution in [3.63, 3.8) is 0 Å². The van der Waals surface area contributed by atoms with Crippen molar-refractivity contribution in [2.75, 3.05) is 0 Å². The Morgan fingerprint density at radius 2 is 1.29 bits per heavy atom. The van der Waals surface area contributed by atoms with Gasteiger partial charge in [-0.15, -0.1) is 0 Å². The van der Waals surface area contributed by atoms with Crippen LogP contribution >= 0.6 is 0 Å². The minimum absolute atomic E-state index is 0.0989. The molecule has 0 N–H and O–H groups in total. The third-order valence-corrected chi connectivity index (χ3v) is 4.98.